The molecule has 0 spiro atoms. The van der Waals surface area contributed by atoms with Crippen LogP contribution in [0.3, 0.4) is 0 Å². The first-order valence-electron chi connectivity index (χ1n) is 8.62. The number of imidazole rings is 1. The Morgan fingerprint density at radius 1 is 1.36 bits per heavy atom. The standard InChI is InChI=1S/C20H21N5OS2/c1-3-10-21-19(27)25-22-12-14-8-9-18(26-2)15(11-14)13-28-20-23-16-6-4-5-7-17(16)24-20/h3-9,11-12H,1,10,13H2,2H3,(H,23,24)(H2,21,25,27)/b22-12+. The lowest BCUT2D eigenvalue weighted by molar-refractivity contribution is 0.411. The maximum atomic E-state index is 5.49. The van der Waals surface area contributed by atoms with Crippen molar-refractivity contribution in [1.29, 1.82) is 0 Å². The molecule has 0 aliphatic heterocycles. The van der Waals surface area contributed by atoms with Gasteiger partial charge in [-0.3, -0.25) is 5.43 Å². The van der Waals surface area contributed by atoms with Gasteiger partial charge in [-0.05, 0) is 48.1 Å². The number of para-hydroxylation sites is 2. The quantitative estimate of drug-likeness (QED) is 0.172. The molecule has 0 saturated heterocycles. The molecule has 6 nitrogen and oxygen atoms in total. The number of nitrogens with zero attached hydrogens (tertiary/aromatic N) is 2. The molecule has 0 saturated carbocycles. The van der Waals surface area contributed by atoms with E-state index in [4.69, 9.17) is 17.0 Å². The molecule has 0 atom stereocenters. The van der Waals surface area contributed by atoms with Gasteiger partial charge >= 0.3 is 0 Å². The van der Waals surface area contributed by atoms with E-state index in [1.54, 1.807) is 31.2 Å². The zero-order valence-corrected chi connectivity index (χ0v) is 17.1. The van der Waals surface area contributed by atoms with Crippen molar-refractivity contribution in [2.24, 2.45) is 5.10 Å². The number of aromatic amines is 1. The van der Waals surface area contributed by atoms with Crippen LogP contribution in [0.2, 0.25) is 0 Å². The molecule has 0 aliphatic rings. The number of hydrogen-bond acceptors (Lipinski definition) is 5. The minimum atomic E-state index is 0.449. The highest BCUT2D eigenvalue weighted by Gasteiger charge is 2.08. The molecule has 0 unspecified atom stereocenters. The van der Waals surface area contributed by atoms with Gasteiger partial charge in [0.2, 0.25) is 0 Å². The van der Waals surface area contributed by atoms with E-state index < -0.39 is 0 Å². The zero-order valence-electron chi connectivity index (χ0n) is 15.4. The molecule has 2 aromatic carbocycles. The van der Waals surface area contributed by atoms with Gasteiger partial charge in [-0.25, -0.2) is 4.98 Å². The molecule has 0 fully saturated rings. The van der Waals surface area contributed by atoms with E-state index in [1.165, 1.54) is 0 Å². The van der Waals surface area contributed by atoms with Crippen molar-refractivity contribution in [1.82, 2.24) is 20.7 Å². The third-order valence-corrected chi connectivity index (χ3v) is 4.98. The van der Waals surface area contributed by atoms with Crippen molar-refractivity contribution < 1.29 is 4.74 Å². The monoisotopic (exact) mass is 411 g/mol. The molecule has 0 amide bonds. The summed E-state index contributed by atoms with van der Waals surface area (Å²) in [5.41, 5.74) is 6.78. The summed E-state index contributed by atoms with van der Waals surface area (Å²) in [6.07, 6.45) is 3.45. The molecule has 144 valence electrons. The van der Waals surface area contributed by atoms with Gasteiger partial charge in [-0.1, -0.05) is 30.0 Å². The predicted molar refractivity (Wildman–Crippen MR) is 120 cm³/mol. The van der Waals surface area contributed by atoms with E-state index in [-0.39, 0.29) is 0 Å². The SMILES string of the molecule is C=CCNC(=S)N/N=C/c1ccc(OC)c(CSc2nc3ccccc3[nH]2)c1. The number of methoxy groups -OCH3 is 1. The molecule has 3 N–H and O–H groups in total. The minimum Gasteiger partial charge on any atom is -0.496 e. The number of hydrogen-bond donors (Lipinski definition) is 3. The largest absolute Gasteiger partial charge is 0.496 e. The summed E-state index contributed by atoms with van der Waals surface area (Å²) in [6.45, 7) is 4.22. The van der Waals surface area contributed by atoms with Crippen LogP contribution < -0.4 is 15.5 Å². The highest BCUT2D eigenvalue weighted by molar-refractivity contribution is 7.98. The molecule has 3 rings (SSSR count). The second-order valence-corrected chi connectivity index (χ2v) is 7.16. The third kappa shape index (κ3) is 5.34. The number of rotatable bonds is 8. The fourth-order valence-electron chi connectivity index (χ4n) is 2.51. The van der Waals surface area contributed by atoms with E-state index in [0.717, 1.165) is 38.8 Å². The maximum Gasteiger partial charge on any atom is 0.187 e. The van der Waals surface area contributed by atoms with Crippen LogP contribution >= 0.6 is 24.0 Å². The average molecular weight is 412 g/mol. The van der Waals surface area contributed by atoms with Crippen molar-refractivity contribution >= 4 is 46.3 Å². The highest BCUT2D eigenvalue weighted by Crippen LogP contribution is 2.28. The normalized spacial score (nSPS) is 10.9. The van der Waals surface area contributed by atoms with Crippen LogP contribution in [0.4, 0.5) is 0 Å². The molecular weight excluding hydrogens is 390 g/mol. The fraction of sp³-hybridized carbons (Fsp3) is 0.150. The van der Waals surface area contributed by atoms with E-state index in [1.807, 2.05) is 42.5 Å². The molecular formula is C20H21N5OS2. The topological polar surface area (TPSA) is 74.3 Å². The molecule has 0 bridgehead atoms. The highest BCUT2D eigenvalue weighted by atomic mass is 32.2. The summed E-state index contributed by atoms with van der Waals surface area (Å²) in [5.74, 6) is 1.55. The van der Waals surface area contributed by atoms with Crippen LogP contribution in [-0.2, 0) is 5.75 Å². The summed E-state index contributed by atoms with van der Waals surface area (Å²) >= 11 is 6.73. The maximum absolute atomic E-state index is 5.49. The number of hydrazone groups is 1. The number of thiocarbonyl (C=S) groups is 1. The van der Waals surface area contributed by atoms with Crippen molar-refractivity contribution in [2.45, 2.75) is 10.9 Å². The van der Waals surface area contributed by atoms with Crippen LogP contribution in [0.15, 0.2) is 65.4 Å². The molecule has 8 heteroatoms. The van der Waals surface area contributed by atoms with Gasteiger partial charge in [0.25, 0.3) is 0 Å². The molecule has 28 heavy (non-hydrogen) atoms. The lowest BCUT2D eigenvalue weighted by atomic mass is 10.1. The molecule has 1 aromatic heterocycles. The summed E-state index contributed by atoms with van der Waals surface area (Å²) in [4.78, 5) is 7.93. The fourth-order valence-corrected chi connectivity index (χ4v) is 3.50. The Bertz CT molecular complexity index is 966. The Kier molecular flexibility index (Phi) is 7.05. The van der Waals surface area contributed by atoms with Crippen LogP contribution in [0, 0.1) is 0 Å². The Morgan fingerprint density at radius 3 is 3.00 bits per heavy atom. The van der Waals surface area contributed by atoms with Gasteiger partial charge in [0.1, 0.15) is 5.75 Å². The first kappa shape index (κ1) is 19.9. The number of thioether (sulfide) groups is 1. The zero-order chi connectivity index (χ0) is 19.8. The van der Waals surface area contributed by atoms with Gasteiger partial charge < -0.3 is 15.0 Å². The van der Waals surface area contributed by atoms with E-state index in [9.17, 15) is 0 Å². The Labute approximate surface area is 173 Å². The van der Waals surface area contributed by atoms with E-state index in [2.05, 4.69) is 32.4 Å². The number of aromatic nitrogens is 2. The van der Waals surface area contributed by atoms with Gasteiger partial charge in [0.15, 0.2) is 10.3 Å². The van der Waals surface area contributed by atoms with Gasteiger partial charge in [0.05, 0.1) is 24.4 Å². The third-order valence-electron chi connectivity index (χ3n) is 3.82. The average Bonchev–Trinajstić information content (AvgIpc) is 3.14. The second kappa shape index (κ2) is 9.91. The van der Waals surface area contributed by atoms with Gasteiger partial charge in [0, 0.05) is 17.9 Å². The lowest BCUT2D eigenvalue weighted by Gasteiger charge is -2.09. The molecule has 0 aliphatic carbocycles. The number of H-pyrrole nitrogens is 1. The summed E-state index contributed by atoms with van der Waals surface area (Å²) in [7, 11) is 1.67. The van der Waals surface area contributed by atoms with Crippen LogP contribution in [-0.4, -0.2) is 34.9 Å². The van der Waals surface area contributed by atoms with Gasteiger partial charge in [-0.2, -0.15) is 5.10 Å². The van der Waals surface area contributed by atoms with Gasteiger partial charge in [-0.15, -0.1) is 6.58 Å². The Hall–Kier alpha value is -2.84. The second-order valence-electron chi connectivity index (χ2n) is 5.79. The number of benzene rings is 2. The molecule has 1 heterocycles. The van der Waals surface area contributed by atoms with Crippen molar-refractivity contribution in [2.75, 3.05) is 13.7 Å². The Balaban J connectivity index is 1.66. The first-order valence-corrected chi connectivity index (χ1v) is 10.0. The summed E-state index contributed by atoms with van der Waals surface area (Å²) in [6, 6.07) is 13.9. The predicted octanol–water partition coefficient (Wildman–Crippen LogP) is 3.85. The van der Waals surface area contributed by atoms with Crippen LogP contribution in [0.5, 0.6) is 5.75 Å². The number of nitrogens with one attached hydrogen (secondary N) is 3. The number of ether oxygens (including phenoxy) is 1. The Morgan fingerprint density at radius 2 is 2.21 bits per heavy atom. The lowest BCUT2D eigenvalue weighted by Crippen LogP contribution is -2.31. The van der Waals surface area contributed by atoms with Crippen molar-refractivity contribution in [3.05, 3.63) is 66.2 Å². The first-order chi connectivity index (χ1) is 13.7. The minimum absolute atomic E-state index is 0.449. The van der Waals surface area contributed by atoms with Crippen molar-refractivity contribution in [3.63, 3.8) is 0 Å². The van der Waals surface area contributed by atoms with Crippen LogP contribution in [0.1, 0.15) is 11.1 Å². The smallest absolute Gasteiger partial charge is 0.187 e. The van der Waals surface area contributed by atoms with E-state index in [0.29, 0.717) is 11.7 Å². The summed E-state index contributed by atoms with van der Waals surface area (Å²) in [5, 5.41) is 8.44. The van der Waals surface area contributed by atoms with Crippen molar-refractivity contribution in [3.8, 4) is 5.75 Å². The van der Waals surface area contributed by atoms with E-state index >= 15 is 0 Å². The molecule has 0 radical (unpaired) electrons. The van der Waals surface area contributed by atoms with Crippen LogP contribution in [0.25, 0.3) is 11.0 Å². The summed E-state index contributed by atoms with van der Waals surface area (Å²) < 4.78 is 5.49. The molecule has 3 aromatic rings. The number of fused-ring (bicyclic) bond motifs is 1.